The molecule has 0 saturated carbocycles. The van der Waals surface area contributed by atoms with Crippen molar-refractivity contribution in [3.05, 3.63) is 201 Å². The summed E-state index contributed by atoms with van der Waals surface area (Å²) in [6.45, 7) is 18.0. The average Bonchev–Trinajstić information content (AvgIpc) is 1.36. The Morgan fingerprint density at radius 3 is 1.47 bits per heavy atom. The zero-order valence-electron chi connectivity index (χ0n) is 61.7. The van der Waals surface area contributed by atoms with E-state index in [9.17, 15) is 39.0 Å². The number of unbranched alkanes of at least 4 members (excludes halogenated alkanes) is 4. The number of nitrogens with one attached hydrogen (secondary N) is 2. The molecule has 558 valence electrons. The number of benzene rings is 5. The number of thiazole rings is 1. The lowest BCUT2D eigenvalue weighted by atomic mass is 9.93. The highest BCUT2D eigenvalue weighted by atomic mass is 32.1. The monoisotopic (exact) mass is 1460 g/mol. The number of fused-ring (bicyclic) bond motifs is 2. The number of aliphatic hydroxyl groups excluding tert-OH is 2. The van der Waals surface area contributed by atoms with Crippen LogP contribution in [0.2, 0.25) is 0 Å². The fourth-order valence-electron chi connectivity index (χ4n) is 13.5. The number of aryl methyl sites for hydroxylation is 4. The molecule has 0 spiro atoms. The molecule has 3 aliphatic heterocycles. The lowest BCUT2D eigenvalue weighted by molar-refractivity contribution is -0.117. The van der Waals surface area contributed by atoms with Gasteiger partial charge in [-0.3, -0.25) is 28.8 Å². The van der Waals surface area contributed by atoms with Crippen LogP contribution >= 0.6 is 11.3 Å². The molecule has 0 aliphatic carbocycles. The van der Waals surface area contributed by atoms with Gasteiger partial charge in [0.05, 0.1) is 66.7 Å². The standard InChI is InChI=1S/C41H47N7O5.C40H51N7O5S/c1-4-6-21-46(22-7-5-2)41(52)35-23-28(3)48(44-35)36-18-17-32(42-37(50)19-20-38-43-39(45-53-38)29-13-9-8-10-14-29)25-34(36)40(51)47-26-31-16-12-11-15-30(31)24-33(47)27-49;1-4-6-16-44(17-7-5-2)39(51)35-22-28(3)47(43-35)36-14-12-31(41-37(49)15-13-32-27-53-40(42-32)45-18-20-52-21-19-45)24-34(36)38(50)46-25-30-11-9-8-10-29(30)23-33(46)26-48/h8-18,23,25,33,49H,4-7,19-22,24,26-27H2,1-3H3,(H,42,50);8-12,14,22,24,27,33,48H,4-7,13,15-21,23,25-26H2,1-3H3,(H,41,49)/t2*33-/m00/s1. The Hall–Kier alpha value is -10.2. The molecule has 106 heavy (non-hydrogen) atoms. The van der Waals surface area contributed by atoms with E-state index in [0.717, 1.165) is 103 Å². The van der Waals surface area contributed by atoms with Crippen molar-refractivity contribution in [2.24, 2.45) is 0 Å². The molecule has 2 atom stereocenters. The van der Waals surface area contributed by atoms with Gasteiger partial charge in [-0.25, -0.2) is 14.3 Å². The molecule has 6 amide bonds. The van der Waals surface area contributed by atoms with Crippen LogP contribution in [-0.4, -0.2) is 178 Å². The van der Waals surface area contributed by atoms with E-state index in [-0.39, 0.29) is 73.5 Å². The van der Waals surface area contributed by atoms with Crippen molar-refractivity contribution in [2.45, 2.75) is 157 Å². The maximum absolute atomic E-state index is 14.6. The molecule has 9 aromatic rings. The van der Waals surface area contributed by atoms with Gasteiger partial charge in [0.1, 0.15) is 0 Å². The third-order valence-corrected chi connectivity index (χ3v) is 20.5. The molecule has 1 saturated heterocycles. The normalized spacial score (nSPS) is 14.7. The topological polar surface area (TPSA) is 280 Å². The predicted octanol–water partition coefficient (Wildman–Crippen LogP) is 12.1. The first kappa shape index (κ1) is 76.9. The van der Waals surface area contributed by atoms with Gasteiger partial charge in [-0.05, 0) is 130 Å². The number of nitrogens with zero attached hydrogens (tertiary/aromatic N) is 12. The lowest BCUT2D eigenvalue weighted by Gasteiger charge is -2.36. The number of aliphatic hydroxyl groups is 2. The Kier molecular flexibility index (Phi) is 27.0. The molecular weight excluding hydrogens is 1360 g/mol. The van der Waals surface area contributed by atoms with Crippen LogP contribution < -0.4 is 15.5 Å². The fourth-order valence-corrected chi connectivity index (χ4v) is 14.4. The van der Waals surface area contributed by atoms with E-state index in [1.807, 2.05) is 108 Å². The molecule has 0 radical (unpaired) electrons. The maximum atomic E-state index is 14.6. The molecule has 25 heteroatoms. The van der Waals surface area contributed by atoms with Crippen LogP contribution in [0.25, 0.3) is 22.8 Å². The van der Waals surface area contributed by atoms with Crippen molar-refractivity contribution in [1.82, 2.24) is 54.3 Å². The van der Waals surface area contributed by atoms with Gasteiger partial charge in [-0.2, -0.15) is 15.2 Å². The van der Waals surface area contributed by atoms with Crippen molar-refractivity contribution < 1.29 is 48.2 Å². The molecule has 7 heterocycles. The zero-order valence-corrected chi connectivity index (χ0v) is 62.5. The second-order valence-corrected chi connectivity index (χ2v) is 28.1. The Morgan fingerprint density at radius 2 is 1.01 bits per heavy atom. The number of ether oxygens (including phenoxy) is 1. The molecule has 1 fully saturated rings. The number of amides is 6. The van der Waals surface area contributed by atoms with Crippen LogP contribution in [0.15, 0.2) is 137 Å². The van der Waals surface area contributed by atoms with Crippen LogP contribution in [0.3, 0.4) is 0 Å². The number of anilines is 3. The van der Waals surface area contributed by atoms with Gasteiger partial charge in [0.2, 0.25) is 23.5 Å². The molecular formula is C81H98N14O10S. The van der Waals surface area contributed by atoms with Crippen molar-refractivity contribution in [2.75, 3.05) is 81.2 Å². The minimum absolute atomic E-state index is 0.0766. The average molecular weight is 1460 g/mol. The second kappa shape index (κ2) is 37.2. The summed E-state index contributed by atoms with van der Waals surface area (Å²) in [6.07, 6.45) is 9.58. The number of carbonyl (C=O) groups excluding carboxylic acids is 6. The highest BCUT2D eigenvalue weighted by Gasteiger charge is 2.35. The first-order valence-corrected chi connectivity index (χ1v) is 38.2. The third kappa shape index (κ3) is 19.1. The molecule has 0 unspecified atom stereocenters. The van der Waals surface area contributed by atoms with Crippen LogP contribution in [0, 0.1) is 13.8 Å². The molecule has 24 nitrogen and oxygen atoms in total. The van der Waals surface area contributed by atoms with Gasteiger partial charge in [0.15, 0.2) is 16.5 Å². The number of hydrogen-bond donors (Lipinski definition) is 4. The predicted molar refractivity (Wildman–Crippen MR) is 409 cm³/mol. The smallest absolute Gasteiger partial charge is 0.274 e. The zero-order chi connectivity index (χ0) is 74.6. The molecule has 4 aromatic heterocycles. The summed E-state index contributed by atoms with van der Waals surface area (Å²) in [4.78, 5) is 102. The number of hydrogen-bond acceptors (Lipinski definition) is 17. The van der Waals surface area contributed by atoms with E-state index in [2.05, 4.69) is 53.4 Å². The van der Waals surface area contributed by atoms with Crippen LogP contribution in [0.4, 0.5) is 16.5 Å². The maximum Gasteiger partial charge on any atom is 0.274 e. The van der Waals surface area contributed by atoms with E-state index < -0.39 is 12.1 Å². The summed E-state index contributed by atoms with van der Waals surface area (Å²) in [5, 5.41) is 43.3. The van der Waals surface area contributed by atoms with E-state index in [1.165, 1.54) is 0 Å². The largest absolute Gasteiger partial charge is 0.394 e. The highest BCUT2D eigenvalue weighted by Crippen LogP contribution is 2.33. The Balaban J connectivity index is 0.000000212. The SMILES string of the molecule is CCCCN(CCCC)C(=O)c1cc(C)n(-c2ccc(NC(=O)CCc3csc(N4CCOCC4)n3)cc2C(=O)N2Cc3ccccc3C[C@H]2CO)n1.CCCCN(CCCC)C(=O)c1cc(C)n(-c2ccc(NC(=O)CCc3nc(-c4ccccc4)no3)cc2C(=O)N2Cc3ccccc3C[C@H]2CO)n1. The van der Waals surface area contributed by atoms with Gasteiger partial charge in [0.25, 0.3) is 23.6 Å². The number of aromatic nitrogens is 7. The van der Waals surface area contributed by atoms with Gasteiger partial charge < -0.3 is 54.6 Å². The van der Waals surface area contributed by atoms with E-state index in [4.69, 9.17) is 24.4 Å². The molecule has 12 rings (SSSR count). The highest BCUT2D eigenvalue weighted by molar-refractivity contribution is 7.13. The fraction of sp³-hybridized carbons (Fsp3) is 0.420. The Morgan fingerprint density at radius 1 is 0.557 bits per heavy atom. The van der Waals surface area contributed by atoms with Crippen LogP contribution in [0.1, 0.15) is 179 Å². The van der Waals surface area contributed by atoms with Crippen molar-refractivity contribution in [1.29, 1.82) is 0 Å². The van der Waals surface area contributed by atoms with Crippen LogP contribution in [0.5, 0.6) is 0 Å². The summed E-state index contributed by atoms with van der Waals surface area (Å²) in [5.74, 6) is -0.580. The quantitative estimate of drug-likeness (QED) is 0.0326. The van der Waals surface area contributed by atoms with Gasteiger partial charge in [0, 0.05) is 105 Å². The minimum atomic E-state index is -0.444. The number of carbonyl (C=O) groups is 6. The minimum Gasteiger partial charge on any atom is -0.394 e. The molecule has 5 aromatic carbocycles. The Bertz CT molecular complexity index is 4470. The number of rotatable bonds is 30. The first-order chi connectivity index (χ1) is 51.6. The Labute approximate surface area is 623 Å². The summed E-state index contributed by atoms with van der Waals surface area (Å²) in [5.41, 5.74) is 10.4. The molecule has 3 aliphatic rings. The molecule has 4 N–H and O–H groups in total. The first-order valence-electron chi connectivity index (χ1n) is 37.3. The summed E-state index contributed by atoms with van der Waals surface area (Å²) in [7, 11) is 0. The third-order valence-electron chi connectivity index (χ3n) is 19.5. The number of morpholine rings is 1. The van der Waals surface area contributed by atoms with Crippen molar-refractivity contribution in [3.63, 3.8) is 0 Å². The summed E-state index contributed by atoms with van der Waals surface area (Å²) in [6, 6.07) is 38.3. The van der Waals surface area contributed by atoms with Gasteiger partial charge in [-0.1, -0.05) is 137 Å². The lowest BCUT2D eigenvalue weighted by Crippen LogP contribution is -2.46. The summed E-state index contributed by atoms with van der Waals surface area (Å²) < 4.78 is 14.1. The summed E-state index contributed by atoms with van der Waals surface area (Å²) >= 11 is 1.58. The van der Waals surface area contributed by atoms with Gasteiger partial charge >= 0.3 is 0 Å². The van der Waals surface area contributed by atoms with Crippen molar-refractivity contribution >= 4 is 63.3 Å². The van der Waals surface area contributed by atoms with Crippen LogP contribution in [-0.2, 0) is 53.1 Å². The van der Waals surface area contributed by atoms with E-state index in [1.54, 1.807) is 79.0 Å². The molecule has 0 bridgehead atoms. The van der Waals surface area contributed by atoms with Gasteiger partial charge in [-0.15, -0.1) is 11.3 Å². The van der Waals surface area contributed by atoms with E-state index in [0.29, 0.717) is 135 Å². The van der Waals surface area contributed by atoms with E-state index >= 15 is 0 Å². The van der Waals surface area contributed by atoms with Crippen molar-refractivity contribution in [3.8, 4) is 22.8 Å². The second-order valence-electron chi connectivity index (χ2n) is 27.3.